The highest BCUT2D eigenvalue weighted by atomic mass is 35.5. The molecule has 0 aliphatic carbocycles. The van der Waals surface area contributed by atoms with Gasteiger partial charge in [-0.3, -0.25) is 19.7 Å². The standard InChI is InChI=1S/C24H20ClN3O8/c1-34-19-4-2-3-16(11-19)26-22(29)13-35-18-8-5-15(6-9-18)24(31)36-14-23(30)27-21-12-17(28(32)33)7-10-20(21)25/h2-12H,13-14H2,1H3,(H,26,29)(H,27,30). The quantitative estimate of drug-likeness (QED) is 0.234. The van der Waals surface area contributed by atoms with Crippen LogP contribution in [0.15, 0.2) is 66.7 Å². The van der Waals surface area contributed by atoms with Gasteiger partial charge in [0.25, 0.3) is 17.5 Å². The average Bonchev–Trinajstić information content (AvgIpc) is 2.87. The van der Waals surface area contributed by atoms with E-state index < -0.39 is 23.4 Å². The van der Waals surface area contributed by atoms with Gasteiger partial charge in [0, 0.05) is 23.9 Å². The number of halogens is 1. The molecule has 2 amide bonds. The second kappa shape index (κ2) is 12.2. The maximum absolute atomic E-state index is 12.2. The number of rotatable bonds is 10. The van der Waals surface area contributed by atoms with Crippen LogP contribution in [0, 0.1) is 10.1 Å². The third-order valence-corrected chi connectivity index (χ3v) is 4.91. The molecule has 0 spiro atoms. The van der Waals surface area contributed by atoms with E-state index in [-0.39, 0.29) is 34.5 Å². The summed E-state index contributed by atoms with van der Waals surface area (Å²) in [5.74, 6) is -0.959. The van der Waals surface area contributed by atoms with Crippen LogP contribution in [0.5, 0.6) is 11.5 Å². The van der Waals surface area contributed by atoms with Gasteiger partial charge in [0.2, 0.25) is 0 Å². The van der Waals surface area contributed by atoms with Crippen LogP contribution in [0.25, 0.3) is 0 Å². The molecule has 0 fully saturated rings. The predicted molar refractivity (Wildman–Crippen MR) is 131 cm³/mol. The summed E-state index contributed by atoms with van der Waals surface area (Å²) < 4.78 is 15.5. The summed E-state index contributed by atoms with van der Waals surface area (Å²) >= 11 is 5.93. The number of benzene rings is 3. The van der Waals surface area contributed by atoms with E-state index in [4.69, 9.17) is 25.8 Å². The number of nitrogens with zero attached hydrogens (tertiary/aromatic N) is 1. The molecule has 36 heavy (non-hydrogen) atoms. The largest absolute Gasteiger partial charge is 0.497 e. The van der Waals surface area contributed by atoms with Crippen molar-refractivity contribution in [3.63, 3.8) is 0 Å². The van der Waals surface area contributed by atoms with Crippen molar-refractivity contribution in [2.24, 2.45) is 0 Å². The summed E-state index contributed by atoms with van der Waals surface area (Å²) in [6.07, 6.45) is 0. The third kappa shape index (κ3) is 7.43. The number of non-ortho nitro benzene ring substituents is 1. The van der Waals surface area contributed by atoms with Crippen molar-refractivity contribution < 1.29 is 33.5 Å². The van der Waals surface area contributed by atoms with Crippen molar-refractivity contribution in [3.05, 3.63) is 87.4 Å². The van der Waals surface area contributed by atoms with E-state index in [0.29, 0.717) is 17.2 Å². The Morgan fingerprint density at radius 1 is 0.917 bits per heavy atom. The molecule has 0 bridgehead atoms. The highest BCUT2D eigenvalue weighted by Gasteiger charge is 2.15. The number of methoxy groups -OCH3 is 1. The molecule has 2 N–H and O–H groups in total. The van der Waals surface area contributed by atoms with Crippen LogP contribution in [-0.4, -0.2) is 43.0 Å². The van der Waals surface area contributed by atoms with Crippen LogP contribution in [0.1, 0.15) is 10.4 Å². The van der Waals surface area contributed by atoms with Gasteiger partial charge in [-0.05, 0) is 42.5 Å². The molecule has 3 aromatic rings. The Balaban J connectivity index is 1.46. The first-order valence-corrected chi connectivity index (χ1v) is 10.7. The van der Waals surface area contributed by atoms with E-state index >= 15 is 0 Å². The Morgan fingerprint density at radius 3 is 2.33 bits per heavy atom. The molecule has 12 heteroatoms. The van der Waals surface area contributed by atoms with E-state index in [0.717, 1.165) is 6.07 Å². The summed E-state index contributed by atoms with van der Waals surface area (Å²) in [7, 11) is 1.52. The molecular formula is C24H20ClN3O8. The summed E-state index contributed by atoms with van der Waals surface area (Å²) in [5.41, 5.74) is 0.456. The van der Waals surface area contributed by atoms with Gasteiger partial charge in [0.15, 0.2) is 13.2 Å². The average molecular weight is 514 g/mol. The van der Waals surface area contributed by atoms with Crippen LogP contribution in [0.3, 0.4) is 0 Å². The van der Waals surface area contributed by atoms with Crippen LogP contribution in [-0.2, 0) is 14.3 Å². The molecule has 0 saturated carbocycles. The summed E-state index contributed by atoms with van der Waals surface area (Å²) in [6.45, 7) is -0.901. The number of hydrogen-bond acceptors (Lipinski definition) is 8. The Morgan fingerprint density at radius 2 is 1.64 bits per heavy atom. The lowest BCUT2D eigenvalue weighted by atomic mass is 10.2. The third-order valence-electron chi connectivity index (χ3n) is 4.58. The molecule has 0 atom stereocenters. The van der Waals surface area contributed by atoms with Crippen molar-refractivity contribution in [1.29, 1.82) is 0 Å². The summed E-state index contributed by atoms with van der Waals surface area (Å²) in [5, 5.41) is 16.0. The van der Waals surface area contributed by atoms with E-state index in [9.17, 15) is 24.5 Å². The van der Waals surface area contributed by atoms with Crippen LogP contribution in [0.4, 0.5) is 17.1 Å². The molecule has 0 aromatic heterocycles. The fourth-order valence-corrected chi connectivity index (χ4v) is 3.02. The predicted octanol–water partition coefficient (Wildman–Crippen LogP) is 4.07. The Kier molecular flexibility index (Phi) is 8.79. The normalized spacial score (nSPS) is 10.2. The fraction of sp³-hybridized carbons (Fsp3) is 0.125. The lowest BCUT2D eigenvalue weighted by Crippen LogP contribution is -2.21. The summed E-state index contributed by atoms with van der Waals surface area (Å²) in [6, 6.07) is 16.2. The first kappa shape index (κ1) is 26.0. The molecule has 0 aliphatic rings. The van der Waals surface area contributed by atoms with Crippen LogP contribution < -0.4 is 20.1 Å². The number of amides is 2. The molecule has 186 valence electrons. The number of esters is 1. The molecule has 0 saturated heterocycles. The van der Waals surface area contributed by atoms with Gasteiger partial charge in [-0.25, -0.2) is 4.79 Å². The number of nitro groups is 1. The zero-order chi connectivity index (χ0) is 26.1. The van der Waals surface area contributed by atoms with E-state index in [2.05, 4.69) is 10.6 Å². The van der Waals surface area contributed by atoms with E-state index in [1.54, 1.807) is 24.3 Å². The highest BCUT2D eigenvalue weighted by molar-refractivity contribution is 6.33. The van der Waals surface area contributed by atoms with Crippen LogP contribution >= 0.6 is 11.6 Å². The van der Waals surface area contributed by atoms with Crippen LogP contribution in [0.2, 0.25) is 5.02 Å². The van der Waals surface area contributed by atoms with Crippen molar-refractivity contribution in [2.45, 2.75) is 0 Å². The zero-order valence-corrected chi connectivity index (χ0v) is 19.6. The minimum Gasteiger partial charge on any atom is -0.497 e. The number of ether oxygens (including phenoxy) is 3. The number of carbonyl (C=O) groups is 3. The number of carbonyl (C=O) groups excluding carboxylic acids is 3. The number of hydrogen-bond donors (Lipinski definition) is 2. The topological polar surface area (TPSA) is 146 Å². The molecule has 0 unspecified atom stereocenters. The first-order valence-electron chi connectivity index (χ1n) is 10.3. The molecule has 11 nitrogen and oxygen atoms in total. The first-order chi connectivity index (χ1) is 17.2. The molecular weight excluding hydrogens is 494 g/mol. The minimum atomic E-state index is -0.780. The van der Waals surface area contributed by atoms with Crippen molar-refractivity contribution in [3.8, 4) is 11.5 Å². The van der Waals surface area contributed by atoms with Gasteiger partial charge in [0.1, 0.15) is 11.5 Å². The lowest BCUT2D eigenvalue weighted by Gasteiger charge is -2.10. The maximum atomic E-state index is 12.2. The smallest absolute Gasteiger partial charge is 0.338 e. The van der Waals surface area contributed by atoms with Gasteiger partial charge in [0.05, 0.1) is 28.3 Å². The zero-order valence-electron chi connectivity index (χ0n) is 18.9. The number of nitro benzene ring substituents is 1. The SMILES string of the molecule is COc1cccc(NC(=O)COc2ccc(C(=O)OCC(=O)Nc3cc([N+](=O)[O-])ccc3Cl)cc2)c1. The molecule has 3 aromatic carbocycles. The molecule has 0 radical (unpaired) electrons. The van der Waals surface area contributed by atoms with E-state index in [1.807, 2.05) is 0 Å². The fourth-order valence-electron chi connectivity index (χ4n) is 2.86. The van der Waals surface area contributed by atoms with Gasteiger partial charge in [-0.1, -0.05) is 17.7 Å². The lowest BCUT2D eigenvalue weighted by molar-refractivity contribution is -0.384. The van der Waals surface area contributed by atoms with Gasteiger partial charge in [-0.15, -0.1) is 0 Å². The Bertz CT molecular complexity index is 1280. The van der Waals surface area contributed by atoms with E-state index in [1.165, 1.54) is 43.5 Å². The Hall–Kier alpha value is -4.64. The van der Waals surface area contributed by atoms with Crippen molar-refractivity contribution in [2.75, 3.05) is 31.0 Å². The van der Waals surface area contributed by atoms with Gasteiger partial charge in [-0.2, -0.15) is 0 Å². The number of anilines is 2. The molecule has 3 rings (SSSR count). The minimum absolute atomic E-state index is 0.0175. The maximum Gasteiger partial charge on any atom is 0.338 e. The van der Waals surface area contributed by atoms with Gasteiger partial charge < -0.3 is 24.8 Å². The number of nitrogens with one attached hydrogen (secondary N) is 2. The highest BCUT2D eigenvalue weighted by Crippen LogP contribution is 2.26. The van der Waals surface area contributed by atoms with Crippen molar-refractivity contribution >= 4 is 46.4 Å². The molecule has 0 heterocycles. The second-order valence-corrected chi connectivity index (χ2v) is 7.55. The summed E-state index contributed by atoms with van der Waals surface area (Å²) in [4.78, 5) is 46.6. The monoisotopic (exact) mass is 513 g/mol. The van der Waals surface area contributed by atoms with Crippen molar-refractivity contribution in [1.82, 2.24) is 0 Å². The molecule has 0 aliphatic heterocycles. The second-order valence-electron chi connectivity index (χ2n) is 7.14. The Labute approximate surface area is 210 Å². The van der Waals surface area contributed by atoms with Gasteiger partial charge >= 0.3 is 5.97 Å².